The Hall–Kier alpha value is -2.12. The fourth-order valence-electron chi connectivity index (χ4n) is 1.35. The van der Waals surface area contributed by atoms with E-state index in [1.165, 1.54) is 13.8 Å². The van der Waals surface area contributed by atoms with Crippen molar-refractivity contribution in [2.75, 3.05) is 13.2 Å². The molecule has 0 aliphatic heterocycles. The molecule has 0 spiro atoms. The maximum atomic E-state index is 11.5. The smallest absolute Gasteiger partial charge is 0.317 e. The molecular formula is C14H22O8. The van der Waals surface area contributed by atoms with Crippen LogP contribution in [0.4, 0.5) is 0 Å². The predicted octanol–water partition coefficient (Wildman–Crippen LogP) is 0.756. The highest BCUT2D eigenvalue weighted by Crippen LogP contribution is 2.07. The molecule has 8 heteroatoms. The first-order valence-electron chi connectivity index (χ1n) is 7.00. The summed E-state index contributed by atoms with van der Waals surface area (Å²) in [6.07, 6.45) is -2.57. The van der Waals surface area contributed by atoms with Crippen LogP contribution in [-0.2, 0) is 38.1 Å². The van der Waals surface area contributed by atoms with E-state index in [0.29, 0.717) is 0 Å². The number of ether oxygens (including phenoxy) is 4. The zero-order chi connectivity index (χ0) is 17.1. The van der Waals surface area contributed by atoms with E-state index in [1.807, 2.05) is 0 Å². The molecule has 0 aromatic rings. The van der Waals surface area contributed by atoms with Crippen LogP contribution in [0.2, 0.25) is 0 Å². The van der Waals surface area contributed by atoms with Crippen LogP contribution in [0.25, 0.3) is 0 Å². The van der Waals surface area contributed by atoms with Crippen molar-refractivity contribution in [2.24, 2.45) is 0 Å². The van der Waals surface area contributed by atoms with E-state index in [4.69, 9.17) is 9.47 Å². The summed E-state index contributed by atoms with van der Waals surface area (Å²) >= 11 is 0. The average molecular weight is 318 g/mol. The maximum absolute atomic E-state index is 11.5. The third-order valence-electron chi connectivity index (χ3n) is 2.48. The highest BCUT2D eigenvalue weighted by molar-refractivity contribution is 5.91. The highest BCUT2D eigenvalue weighted by Gasteiger charge is 2.23. The van der Waals surface area contributed by atoms with Crippen LogP contribution in [0.15, 0.2) is 0 Å². The monoisotopic (exact) mass is 318 g/mol. The first-order valence-corrected chi connectivity index (χ1v) is 7.00. The standard InChI is InChI=1S/C14H22O8/c1-5-19-11(15)7-13(17)21-9(3)10(4)22-14(18)8-12(16)20-6-2/h9-10H,5-8H2,1-4H3/t9-,10-/m1/s1. The predicted molar refractivity (Wildman–Crippen MR) is 73.6 cm³/mol. The van der Waals surface area contributed by atoms with Crippen LogP contribution in [0, 0.1) is 0 Å². The van der Waals surface area contributed by atoms with Gasteiger partial charge in [-0.25, -0.2) is 0 Å². The molecule has 0 aromatic carbocycles. The summed E-state index contributed by atoms with van der Waals surface area (Å²) in [5.41, 5.74) is 0. The molecule has 0 saturated carbocycles. The molecule has 0 amide bonds. The lowest BCUT2D eigenvalue weighted by Gasteiger charge is -2.20. The van der Waals surface area contributed by atoms with Crippen LogP contribution >= 0.6 is 0 Å². The molecule has 0 unspecified atom stereocenters. The Morgan fingerprint density at radius 1 is 0.682 bits per heavy atom. The van der Waals surface area contributed by atoms with Gasteiger partial charge in [0.2, 0.25) is 0 Å². The number of esters is 4. The van der Waals surface area contributed by atoms with E-state index in [9.17, 15) is 19.2 Å². The van der Waals surface area contributed by atoms with Gasteiger partial charge >= 0.3 is 23.9 Å². The van der Waals surface area contributed by atoms with Crippen molar-refractivity contribution in [3.05, 3.63) is 0 Å². The second-order valence-electron chi connectivity index (χ2n) is 4.35. The van der Waals surface area contributed by atoms with Gasteiger partial charge in [-0.2, -0.15) is 0 Å². The van der Waals surface area contributed by atoms with Crippen molar-refractivity contribution in [3.8, 4) is 0 Å². The first-order chi connectivity index (χ1) is 10.3. The van der Waals surface area contributed by atoms with Gasteiger partial charge in [0.25, 0.3) is 0 Å². The molecule has 0 fully saturated rings. The minimum absolute atomic E-state index is 0.170. The Balaban J connectivity index is 4.17. The number of hydrogen-bond donors (Lipinski definition) is 0. The third kappa shape index (κ3) is 8.93. The molecule has 0 heterocycles. The molecule has 22 heavy (non-hydrogen) atoms. The summed E-state index contributed by atoms with van der Waals surface area (Å²) in [5, 5.41) is 0. The maximum Gasteiger partial charge on any atom is 0.317 e. The Morgan fingerprint density at radius 3 is 1.27 bits per heavy atom. The minimum Gasteiger partial charge on any atom is -0.466 e. The lowest BCUT2D eigenvalue weighted by Crippen LogP contribution is -2.32. The first kappa shape index (κ1) is 19.9. The fraction of sp³-hybridized carbons (Fsp3) is 0.714. The van der Waals surface area contributed by atoms with Gasteiger partial charge in [-0.15, -0.1) is 0 Å². The summed E-state index contributed by atoms with van der Waals surface area (Å²) in [4.78, 5) is 45.1. The SMILES string of the molecule is CCOC(=O)CC(=O)O[C@H](C)[C@@H](C)OC(=O)CC(=O)OCC. The average Bonchev–Trinajstić information content (AvgIpc) is 2.38. The summed E-state index contributed by atoms with van der Waals surface area (Å²) in [5.74, 6) is -2.93. The Kier molecular flexibility index (Phi) is 9.56. The Labute approximate surface area is 129 Å². The molecule has 0 radical (unpaired) electrons. The quantitative estimate of drug-likeness (QED) is 0.348. The Morgan fingerprint density at radius 2 is 1.00 bits per heavy atom. The number of hydrogen-bond acceptors (Lipinski definition) is 8. The number of rotatable bonds is 9. The van der Waals surface area contributed by atoms with E-state index >= 15 is 0 Å². The van der Waals surface area contributed by atoms with E-state index in [0.717, 1.165) is 0 Å². The summed E-state index contributed by atoms with van der Waals surface area (Å²) < 4.78 is 19.1. The van der Waals surface area contributed by atoms with Crippen LogP contribution in [0.3, 0.4) is 0 Å². The van der Waals surface area contributed by atoms with Crippen molar-refractivity contribution < 1.29 is 38.1 Å². The lowest BCUT2D eigenvalue weighted by molar-refractivity contribution is -0.170. The molecule has 8 nitrogen and oxygen atoms in total. The molecule has 126 valence electrons. The van der Waals surface area contributed by atoms with Gasteiger partial charge in [-0.1, -0.05) is 0 Å². The van der Waals surface area contributed by atoms with Gasteiger partial charge in [0.15, 0.2) is 0 Å². The van der Waals surface area contributed by atoms with Gasteiger partial charge in [0.1, 0.15) is 25.0 Å². The van der Waals surface area contributed by atoms with Gasteiger partial charge in [0, 0.05) is 0 Å². The summed E-state index contributed by atoms with van der Waals surface area (Å²) in [7, 11) is 0. The molecular weight excluding hydrogens is 296 g/mol. The van der Waals surface area contributed by atoms with Crippen LogP contribution in [0.1, 0.15) is 40.5 Å². The fourth-order valence-corrected chi connectivity index (χ4v) is 1.35. The number of carbonyl (C=O) groups is 4. The van der Waals surface area contributed by atoms with Gasteiger partial charge in [-0.3, -0.25) is 19.2 Å². The van der Waals surface area contributed by atoms with Crippen LogP contribution in [0.5, 0.6) is 0 Å². The van der Waals surface area contributed by atoms with Crippen molar-refractivity contribution in [1.82, 2.24) is 0 Å². The van der Waals surface area contributed by atoms with Crippen molar-refractivity contribution >= 4 is 23.9 Å². The van der Waals surface area contributed by atoms with Gasteiger partial charge in [-0.05, 0) is 27.7 Å². The normalized spacial score (nSPS) is 12.7. The van der Waals surface area contributed by atoms with Crippen LogP contribution < -0.4 is 0 Å². The molecule has 0 N–H and O–H groups in total. The molecule has 0 saturated heterocycles. The molecule has 2 atom stereocenters. The third-order valence-corrected chi connectivity index (χ3v) is 2.48. The molecule has 0 aromatic heterocycles. The van der Waals surface area contributed by atoms with Crippen LogP contribution in [-0.4, -0.2) is 49.3 Å². The van der Waals surface area contributed by atoms with E-state index in [-0.39, 0.29) is 13.2 Å². The van der Waals surface area contributed by atoms with Crippen molar-refractivity contribution in [3.63, 3.8) is 0 Å². The Bertz CT molecular complexity index is 366. The zero-order valence-corrected chi connectivity index (χ0v) is 13.2. The van der Waals surface area contributed by atoms with E-state index in [2.05, 4.69) is 9.47 Å². The van der Waals surface area contributed by atoms with E-state index < -0.39 is 48.9 Å². The van der Waals surface area contributed by atoms with Gasteiger partial charge in [0.05, 0.1) is 13.2 Å². The molecule has 0 bridgehead atoms. The molecule has 0 aliphatic rings. The van der Waals surface area contributed by atoms with Crippen molar-refractivity contribution in [2.45, 2.75) is 52.7 Å². The minimum atomic E-state index is -0.778. The molecule has 0 aliphatic carbocycles. The van der Waals surface area contributed by atoms with E-state index in [1.54, 1.807) is 13.8 Å². The highest BCUT2D eigenvalue weighted by atomic mass is 16.6. The second-order valence-corrected chi connectivity index (χ2v) is 4.35. The zero-order valence-electron chi connectivity index (χ0n) is 13.2. The van der Waals surface area contributed by atoms with Gasteiger partial charge < -0.3 is 18.9 Å². The summed E-state index contributed by atoms with van der Waals surface area (Å²) in [6.45, 7) is 6.59. The van der Waals surface area contributed by atoms with Crippen molar-refractivity contribution in [1.29, 1.82) is 0 Å². The number of carbonyl (C=O) groups excluding carboxylic acids is 4. The largest absolute Gasteiger partial charge is 0.466 e. The molecule has 0 rings (SSSR count). The summed E-state index contributed by atoms with van der Waals surface area (Å²) in [6, 6.07) is 0. The lowest BCUT2D eigenvalue weighted by atomic mass is 10.2. The second kappa shape index (κ2) is 10.6. The topological polar surface area (TPSA) is 105 Å².